The van der Waals surface area contributed by atoms with Crippen LogP contribution in [0.15, 0.2) is 51.8 Å². The zero-order valence-corrected chi connectivity index (χ0v) is 13.5. The summed E-state index contributed by atoms with van der Waals surface area (Å²) in [6.07, 6.45) is 0. The van der Waals surface area contributed by atoms with Gasteiger partial charge in [-0.15, -0.1) is 0 Å². The number of hydrogen-bond acceptors (Lipinski definition) is 6. The zero-order chi connectivity index (χ0) is 18.3. The van der Waals surface area contributed by atoms with Crippen molar-refractivity contribution in [3.05, 3.63) is 58.6 Å². The average Bonchev–Trinajstić information content (AvgIpc) is 3.11. The minimum atomic E-state index is -0.662. The van der Waals surface area contributed by atoms with E-state index >= 15 is 0 Å². The third kappa shape index (κ3) is 2.57. The van der Waals surface area contributed by atoms with E-state index in [9.17, 15) is 14.3 Å². The third-order valence-electron chi connectivity index (χ3n) is 3.94. The van der Waals surface area contributed by atoms with Gasteiger partial charge < -0.3 is 19.4 Å². The highest BCUT2D eigenvalue weighted by molar-refractivity contribution is 5.90. The summed E-state index contributed by atoms with van der Waals surface area (Å²) in [5.74, 6) is -0.0941. The number of aromatic hydroxyl groups is 1. The van der Waals surface area contributed by atoms with Gasteiger partial charge in [0.2, 0.25) is 5.82 Å². The van der Waals surface area contributed by atoms with E-state index in [1.165, 1.54) is 12.1 Å². The fourth-order valence-corrected chi connectivity index (χ4v) is 2.63. The lowest BCUT2D eigenvalue weighted by molar-refractivity contribution is 0.414. The van der Waals surface area contributed by atoms with Crippen LogP contribution in [0.2, 0.25) is 0 Å². The molecule has 2 N–H and O–H groups in total. The van der Waals surface area contributed by atoms with Gasteiger partial charge in [-0.25, -0.2) is 4.39 Å². The molecular weight excluding hydrogens is 341 g/mol. The van der Waals surface area contributed by atoms with E-state index in [0.29, 0.717) is 11.3 Å². The van der Waals surface area contributed by atoms with Crippen LogP contribution in [-0.2, 0) is 0 Å². The van der Waals surface area contributed by atoms with Gasteiger partial charge in [-0.1, -0.05) is 5.16 Å². The van der Waals surface area contributed by atoms with Crippen LogP contribution in [0.25, 0.3) is 33.7 Å². The molecule has 130 valence electrons. The van der Waals surface area contributed by atoms with E-state index in [4.69, 9.17) is 9.26 Å². The highest BCUT2D eigenvalue weighted by atomic mass is 19.1. The minimum Gasteiger partial charge on any atom is -0.506 e. The zero-order valence-electron chi connectivity index (χ0n) is 13.5. The van der Waals surface area contributed by atoms with Gasteiger partial charge in [-0.2, -0.15) is 4.98 Å². The Morgan fingerprint density at radius 3 is 2.69 bits per heavy atom. The second-order valence-corrected chi connectivity index (χ2v) is 5.52. The summed E-state index contributed by atoms with van der Waals surface area (Å²) in [5, 5.41) is 14.5. The van der Waals surface area contributed by atoms with Crippen LogP contribution in [0, 0.1) is 5.82 Å². The van der Waals surface area contributed by atoms with Crippen LogP contribution in [-0.4, -0.2) is 27.3 Å². The number of aromatic nitrogens is 3. The minimum absolute atomic E-state index is 0.138. The van der Waals surface area contributed by atoms with Crippen molar-refractivity contribution in [3.63, 3.8) is 0 Å². The molecule has 4 rings (SSSR count). The maximum absolute atomic E-state index is 13.3. The van der Waals surface area contributed by atoms with Gasteiger partial charge in [0.15, 0.2) is 0 Å². The normalized spacial score (nSPS) is 11.0. The molecule has 0 aliphatic carbocycles. The molecular formula is C18H12FN3O4. The molecule has 0 saturated heterocycles. The first kappa shape index (κ1) is 15.8. The lowest BCUT2D eigenvalue weighted by atomic mass is 10.1. The highest BCUT2D eigenvalue weighted by Gasteiger charge is 2.20. The van der Waals surface area contributed by atoms with E-state index in [1.807, 2.05) is 0 Å². The molecule has 0 aliphatic rings. The first-order valence-corrected chi connectivity index (χ1v) is 7.60. The van der Waals surface area contributed by atoms with Crippen molar-refractivity contribution >= 4 is 10.9 Å². The lowest BCUT2D eigenvalue weighted by Crippen LogP contribution is -2.09. The molecule has 26 heavy (non-hydrogen) atoms. The van der Waals surface area contributed by atoms with E-state index in [1.54, 1.807) is 31.4 Å². The van der Waals surface area contributed by atoms with Crippen LogP contribution in [0.1, 0.15) is 0 Å². The second-order valence-electron chi connectivity index (χ2n) is 5.52. The van der Waals surface area contributed by atoms with E-state index in [-0.39, 0.29) is 33.9 Å². The molecule has 0 radical (unpaired) electrons. The molecule has 0 atom stereocenters. The van der Waals surface area contributed by atoms with Crippen LogP contribution >= 0.6 is 0 Å². The van der Waals surface area contributed by atoms with Gasteiger partial charge in [-0.05, 0) is 42.5 Å². The summed E-state index contributed by atoms with van der Waals surface area (Å²) in [4.78, 5) is 19.0. The fourth-order valence-electron chi connectivity index (χ4n) is 2.63. The number of H-pyrrole nitrogens is 1. The number of aromatic amines is 1. The number of rotatable bonds is 3. The number of nitrogens with zero attached hydrogens (tertiary/aromatic N) is 2. The van der Waals surface area contributed by atoms with Crippen molar-refractivity contribution in [2.24, 2.45) is 0 Å². The molecule has 0 aliphatic heterocycles. The second kappa shape index (κ2) is 5.99. The Morgan fingerprint density at radius 1 is 1.19 bits per heavy atom. The molecule has 0 unspecified atom stereocenters. The average molecular weight is 353 g/mol. The van der Waals surface area contributed by atoms with Gasteiger partial charge in [0.25, 0.3) is 11.4 Å². The molecule has 2 aromatic carbocycles. The maximum Gasteiger partial charge on any atom is 0.267 e. The molecule has 2 heterocycles. The van der Waals surface area contributed by atoms with Crippen molar-refractivity contribution in [3.8, 4) is 34.3 Å². The number of benzene rings is 2. The molecule has 0 saturated carbocycles. The lowest BCUT2D eigenvalue weighted by Gasteiger charge is -2.04. The van der Waals surface area contributed by atoms with Crippen LogP contribution in [0.4, 0.5) is 4.39 Å². The van der Waals surface area contributed by atoms with Gasteiger partial charge >= 0.3 is 0 Å². The van der Waals surface area contributed by atoms with Crippen LogP contribution in [0.3, 0.4) is 0 Å². The van der Waals surface area contributed by atoms with Crippen molar-refractivity contribution in [1.29, 1.82) is 0 Å². The summed E-state index contributed by atoms with van der Waals surface area (Å²) in [7, 11) is 1.56. The third-order valence-corrected chi connectivity index (χ3v) is 3.94. The van der Waals surface area contributed by atoms with E-state index in [2.05, 4.69) is 15.1 Å². The Kier molecular flexibility index (Phi) is 3.65. The van der Waals surface area contributed by atoms with Crippen LogP contribution < -0.4 is 10.3 Å². The highest BCUT2D eigenvalue weighted by Crippen LogP contribution is 2.32. The van der Waals surface area contributed by atoms with Gasteiger partial charge in [0.1, 0.15) is 22.9 Å². The number of pyridine rings is 1. The predicted octanol–water partition coefficient (Wildman–Crippen LogP) is 3.10. The molecule has 4 aromatic rings. The Hall–Kier alpha value is -3.68. The largest absolute Gasteiger partial charge is 0.506 e. The van der Waals surface area contributed by atoms with Gasteiger partial charge in [0, 0.05) is 10.9 Å². The quantitative estimate of drug-likeness (QED) is 0.587. The van der Waals surface area contributed by atoms with Crippen molar-refractivity contribution in [1.82, 2.24) is 15.1 Å². The van der Waals surface area contributed by atoms with Crippen molar-refractivity contribution < 1.29 is 18.8 Å². The van der Waals surface area contributed by atoms with Gasteiger partial charge in [-0.3, -0.25) is 4.79 Å². The first-order valence-electron chi connectivity index (χ1n) is 7.60. The maximum atomic E-state index is 13.3. The number of ether oxygens (including phenoxy) is 1. The molecule has 2 aromatic heterocycles. The summed E-state index contributed by atoms with van der Waals surface area (Å²) in [6, 6.07) is 10.6. The monoisotopic (exact) mass is 353 g/mol. The van der Waals surface area contributed by atoms with Crippen LogP contribution in [0.5, 0.6) is 11.5 Å². The number of methoxy groups -OCH3 is 1. The summed E-state index contributed by atoms with van der Waals surface area (Å²) < 4.78 is 23.6. The molecule has 0 bridgehead atoms. The van der Waals surface area contributed by atoms with Gasteiger partial charge in [0.05, 0.1) is 12.6 Å². The number of halogens is 1. The number of nitrogens with one attached hydrogen (secondary N) is 1. The predicted molar refractivity (Wildman–Crippen MR) is 91.5 cm³/mol. The molecule has 0 amide bonds. The first-order chi connectivity index (χ1) is 12.6. The Labute approximate surface area is 145 Å². The Morgan fingerprint density at radius 2 is 1.96 bits per heavy atom. The SMILES string of the molecule is COc1ccc(-c2noc(-c3c(O)c4ccc(F)cc4[nH]c3=O)n2)cc1. The van der Waals surface area contributed by atoms with E-state index in [0.717, 1.165) is 6.07 Å². The summed E-state index contributed by atoms with van der Waals surface area (Å²) in [5.41, 5.74) is -0.00683. The molecule has 8 heteroatoms. The number of hydrogen-bond donors (Lipinski definition) is 2. The summed E-state index contributed by atoms with van der Waals surface area (Å²) in [6.45, 7) is 0. The number of fused-ring (bicyclic) bond motifs is 1. The molecule has 0 spiro atoms. The van der Waals surface area contributed by atoms with E-state index < -0.39 is 11.4 Å². The molecule has 0 fully saturated rings. The topological polar surface area (TPSA) is 101 Å². The standard InChI is InChI=1S/C18H12FN3O4/c1-25-11-5-2-9(3-6-11)16-21-18(26-22-16)14-15(23)12-7-4-10(19)8-13(12)20-17(14)24/h2-8H,1H3,(H2,20,23,24). The fraction of sp³-hybridized carbons (Fsp3) is 0.0556. The smallest absolute Gasteiger partial charge is 0.267 e. The Bertz CT molecular complexity index is 1170. The summed E-state index contributed by atoms with van der Waals surface area (Å²) >= 11 is 0. The van der Waals surface area contributed by atoms with Crippen molar-refractivity contribution in [2.45, 2.75) is 0 Å². The molecule has 7 nitrogen and oxygen atoms in total. The Balaban J connectivity index is 1.82. The van der Waals surface area contributed by atoms with Crippen molar-refractivity contribution in [2.75, 3.05) is 7.11 Å².